The van der Waals surface area contributed by atoms with Gasteiger partial charge in [0.15, 0.2) is 23.3 Å². The van der Waals surface area contributed by atoms with Gasteiger partial charge in [-0.15, -0.1) is 0 Å². The van der Waals surface area contributed by atoms with E-state index in [1.807, 2.05) is 0 Å². The molecule has 0 N–H and O–H groups in total. The van der Waals surface area contributed by atoms with Crippen LogP contribution >= 0.6 is 0 Å². The molecule has 0 radical (unpaired) electrons. The first-order valence-electron chi connectivity index (χ1n) is 14.2. The van der Waals surface area contributed by atoms with Crippen LogP contribution in [-0.4, -0.2) is 0 Å². The Hall–Kier alpha value is -2.88. The zero-order valence-electron chi connectivity index (χ0n) is 22.5. The Labute approximate surface area is 224 Å². The summed E-state index contributed by atoms with van der Waals surface area (Å²) in [6.07, 6.45) is 13.0. The van der Waals surface area contributed by atoms with Crippen molar-refractivity contribution in [3.8, 4) is 11.1 Å². The smallest absolute Gasteiger partial charge is 0.166 e. The first-order chi connectivity index (χ1) is 18.4. The number of aryl methyl sites for hydroxylation is 1. The predicted molar refractivity (Wildman–Crippen MR) is 150 cm³/mol. The number of unbranched alkanes of at least 4 members (excludes halogenated alkanes) is 2. The Morgan fingerprint density at radius 3 is 2.11 bits per heavy atom. The van der Waals surface area contributed by atoms with Crippen molar-refractivity contribution in [2.75, 3.05) is 0 Å². The van der Waals surface area contributed by atoms with Crippen LogP contribution in [0.15, 0.2) is 48.5 Å². The number of hydrogen-bond donors (Lipinski definition) is 0. The summed E-state index contributed by atoms with van der Waals surface area (Å²) >= 11 is 0. The molecule has 0 nitrogen and oxygen atoms in total. The Bertz CT molecular complexity index is 1230. The van der Waals surface area contributed by atoms with Gasteiger partial charge < -0.3 is 0 Å². The van der Waals surface area contributed by atoms with Crippen LogP contribution in [0.5, 0.6) is 0 Å². The molecule has 0 aliphatic heterocycles. The third-order valence-corrected chi connectivity index (χ3v) is 8.01. The Kier molecular flexibility index (Phi) is 9.82. The van der Waals surface area contributed by atoms with Crippen LogP contribution in [0, 0.1) is 29.2 Å². The van der Waals surface area contributed by atoms with E-state index < -0.39 is 23.3 Å². The lowest BCUT2D eigenvalue weighted by Gasteiger charge is -2.29. The van der Waals surface area contributed by atoms with Crippen molar-refractivity contribution in [3.05, 3.63) is 94.1 Å². The SMILES string of the molecule is CCCCCc1ccc(C=Cc2ccc(-c3ccc(C4CCC(CCC)CC4)c(F)c3F)cc2)c(F)c1F. The minimum atomic E-state index is -0.844. The molecule has 202 valence electrons. The Balaban J connectivity index is 1.45. The third kappa shape index (κ3) is 6.57. The Morgan fingerprint density at radius 1 is 0.684 bits per heavy atom. The van der Waals surface area contributed by atoms with E-state index in [0.29, 0.717) is 29.0 Å². The van der Waals surface area contributed by atoms with Crippen molar-refractivity contribution in [3.63, 3.8) is 0 Å². The van der Waals surface area contributed by atoms with Gasteiger partial charge in [-0.3, -0.25) is 0 Å². The fourth-order valence-electron chi connectivity index (χ4n) is 5.72. The van der Waals surface area contributed by atoms with E-state index in [1.165, 1.54) is 18.9 Å². The summed E-state index contributed by atoms with van der Waals surface area (Å²) in [4.78, 5) is 0. The van der Waals surface area contributed by atoms with Gasteiger partial charge in [0.2, 0.25) is 0 Å². The van der Waals surface area contributed by atoms with Gasteiger partial charge in [-0.2, -0.15) is 0 Å². The van der Waals surface area contributed by atoms with Crippen molar-refractivity contribution in [2.24, 2.45) is 5.92 Å². The standard InChI is InChI=1S/C34H38F4/c1-3-5-6-8-27-19-20-28(32(36)31(27)35)18-13-24-11-16-26(17-12-24)30-22-21-29(33(37)34(30)38)25-14-9-23(7-4-2)10-15-25/h11-13,16-23,25H,3-10,14-15H2,1-2H3. The molecule has 1 aliphatic rings. The Morgan fingerprint density at radius 2 is 1.42 bits per heavy atom. The first-order valence-corrected chi connectivity index (χ1v) is 14.2. The molecular formula is C34H38F4. The van der Waals surface area contributed by atoms with E-state index >= 15 is 8.78 Å². The van der Waals surface area contributed by atoms with Gasteiger partial charge in [0, 0.05) is 11.1 Å². The largest absolute Gasteiger partial charge is 0.203 e. The molecule has 4 heteroatoms. The van der Waals surface area contributed by atoms with E-state index in [4.69, 9.17) is 0 Å². The summed E-state index contributed by atoms with van der Waals surface area (Å²) in [6.45, 7) is 4.26. The van der Waals surface area contributed by atoms with Gasteiger partial charge in [0.25, 0.3) is 0 Å². The molecule has 0 aromatic heterocycles. The lowest BCUT2D eigenvalue weighted by Crippen LogP contribution is -2.14. The second kappa shape index (κ2) is 13.3. The molecule has 0 bridgehead atoms. The number of hydrogen-bond acceptors (Lipinski definition) is 0. The molecular weight excluding hydrogens is 484 g/mol. The summed E-state index contributed by atoms with van der Waals surface area (Å²) in [5.41, 5.74) is 2.63. The quantitative estimate of drug-likeness (QED) is 0.141. The van der Waals surface area contributed by atoms with Crippen molar-refractivity contribution in [1.29, 1.82) is 0 Å². The average molecular weight is 523 g/mol. The van der Waals surface area contributed by atoms with Crippen molar-refractivity contribution < 1.29 is 17.6 Å². The molecule has 3 aromatic rings. The molecule has 0 amide bonds. The average Bonchev–Trinajstić information content (AvgIpc) is 2.93. The fraction of sp³-hybridized carbons (Fsp3) is 0.412. The molecule has 0 atom stereocenters. The number of halogens is 4. The van der Waals surface area contributed by atoms with Crippen molar-refractivity contribution in [2.45, 2.75) is 84.0 Å². The van der Waals surface area contributed by atoms with Crippen molar-refractivity contribution in [1.82, 2.24) is 0 Å². The van der Waals surface area contributed by atoms with E-state index in [0.717, 1.165) is 50.5 Å². The topological polar surface area (TPSA) is 0 Å². The highest BCUT2D eigenvalue weighted by Crippen LogP contribution is 2.40. The molecule has 1 saturated carbocycles. The fourth-order valence-corrected chi connectivity index (χ4v) is 5.72. The minimum Gasteiger partial charge on any atom is -0.203 e. The third-order valence-electron chi connectivity index (χ3n) is 8.01. The highest BCUT2D eigenvalue weighted by atomic mass is 19.2. The molecule has 0 saturated heterocycles. The normalized spacial score (nSPS) is 17.8. The highest BCUT2D eigenvalue weighted by Gasteiger charge is 2.26. The zero-order valence-corrected chi connectivity index (χ0v) is 22.5. The van der Waals surface area contributed by atoms with Crippen LogP contribution in [0.3, 0.4) is 0 Å². The second-order valence-corrected chi connectivity index (χ2v) is 10.7. The summed E-state index contributed by atoms with van der Waals surface area (Å²) in [7, 11) is 0. The number of benzene rings is 3. The molecule has 0 unspecified atom stereocenters. The monoisotopic (exact) mass is 522 g/mol. The lowest BCUT2D eigenvalue weighted by molar-refractivity contribution is 0.303. The molecule has 3 aromatic carbocycles. The molecule has 1 fully saturated rings. The van der Waals surface area contributed by atoms with Crippen LogP contribution in [0.2, 0.25) is 0 Å². The van der Waals surface area contributed by atoms with Crippen LogP contribution in [-0.2, 0) is 6.42 Å². The van der Waals surface area contributed by atoms with Gasteiger partial charge in [0.05, 0.1) is 0 Å². The van der Waals surface area contributed by atoms with E-state index in [2.05, 4.69) is 13.8 Å². The molecule has 38 heavy (non-hydrogen) atoms. The van der Waals surface area contributed by atoms with Crippen LogP contribution < -0.4 is 0 Å². The van der Waals surface area contributed by atoms with Crippen LogP contribution in [0.1, 0.15) is 99.8 Å². The zero-order chi connectivity index (χ0) is 27.1. The van der Waals surface area contributed by atoms with E-state index in [9.17, 15) is 8.78 Å². The summed E-state index contributed by atoms with van der Waals surface area (Å²) in [5, 5.41) is 0. The van der Waals surface area contributed by atoms with Crippen molar-refractivity contribution >= 4 is 12.2 Å². The highest BCUT2D eigenvalue weighted by molar-refractivity contribution is 5.72. The maximum absolute atomic E-state index is 15.1. The molecule has 1 aliphatic carbocycles. The molecule has 4 rings (SSSR count). The van der Waals surface area contributed by atoms with Gasteiger partial charge in [0.1, 0.15) is 0 Å². The molecule has 0 spiro atoms. The van der Waals surface area contributed by atoms with Crippen LogP contribution in [0.4, 0.5) is 17.6 Å². The van der Waals surface area contributed by atoms with E-state index in [1.54, 1.807) is 54.6 Å². The van der Waals surface area contributed by atoms with Gasteiger partial charge >= 0.3 is 0 Å². The van der Waals surface area contributed by atoms with Gasteiger partial charge in [-0.1, -0.05) is 100 Å². The maximum atomic E-state index is 15.1. The van der Waals surface area contributed by atoms with Gasteiger partial charge in [-0.05, 0) is 72.6 Å². The first kappa shape index (κ1) is 28.1. The summed E-state index contributed by atoms with van der Waals surface area (Å²) in [6, 6.07) is 13.6. The second-order valence-electron chi connectivity index (χ2n) is 10.7. The van der Waals surface area contributed by atoms with E-state index in [-0.39, 0.29) is 17.0 Å². The van der Waals surface area contributed by atoms with Crippen LogP contribution in [0.25, 0.3) is 23.3 Å². The molecule has 0 heterocycles. The lowest BCUT2D eigenvalue weighted by atomic mass is 9.77. The predicted octanol–water partition coefficient (Wildman–Crippen LogP) is 10.9. The summed E-state index contributed by atoms with van der Waals surface area (Å²) in [5.74, 6) is -2.38. The minimum absolute atomic E-state index is 0.0785. The van der Waals surface area contributed by atoms with Gasteiger partial charge in [-0.25, -0.2) is 17.6 Å². The summed E-state index contributed by atoms with van der Waals surface area (Å²) < 4.78 is 59.2. The maximum Gasteiger partial charge on any atom is 0.166 e. The number of rotatable bonds is 10.